The maximum absolute atomic E-state index is 11.6. The number of fused-ring (bicyclic) bond motifs is 1. The van der Waals surface area contributed by atoms with Crippen LogP contribution in [0.5, 0.6) is 6.01 Å². The number of hydrogen-bond donors (Lipinski definition) is 3. The molecule has 0 amide bonds. The molecule has 18 nitrogen and oxygen atoms in total. The third-order valence-electron chi connectivity index (χ3n) is 3.75. The number of rotatable bonds is 8. The summed E-state index contributed by atoms with van der Waals surface area (Å²) in [5.74, 6) is -0.187. The minimum absolute atomic E-state index is 0. The van der Waals surface area contributed by atoms with E-state index in [-0.39, 0.29) is 142 Å². The van der Waals surface area contributed by atoms with Crippen LogP contribution in [-0.4, -0.2) is 48.3 Å². The summed E-state index contributed by atoms with van der Waals surface area (Å²) < 4.78 is 50.8. The zero-order valence-corrected chi connectivity index (χ0v) is 29.5. The summed E-state index contributed by atoms with van der Waals surface area (Å²) in [6, 6.07) is -0.897. The Morgan fingerprint density at radius 3 is 2.31 bits per heavy atom. The quantitative estimate of drug-likeness (QED) is 0.188. The predicted octanol–water partition coefficient (Wildman–Crippen LogP) is -15.4. The number of aromatic nitrogens is 4. The van der Waals surface area contributed by atoms with E-state index in [2.05, 4.69) is 28.1 Å². The van der Waals surface area contributed by atoms with Gasteiger partial charge < -0.3 is 49.3 Å². The molecule has 5 atom stereocenters. The van der Waals surface area contributed by atoms with Crippen molar-refractivity contribution < 1.29 is 180 Å². The number of nitrogens with two attached hydrogens (primary N) is 1. The molecule has 1 saturated heterocycles. The van der Waals surface area contributed by atoms with Crippen LogP contribution in [-0.2, 0) is 31.6 Å². The zero-order valence-electron chi connectivity index (χ0n) is 18.8. The first-order valence-corrected chi connectivity index (χ1v) is 12.3. The van der Waals surface area contributed by atoms with Crippen LogP contribution in [0.3, 0.4) is 0 Å². The van der Waals surface area contributed by atoms with Crippen molar-refractivity contribution in [1.29, 1.82) is 0 Å². The zero-order chi connectivity index (χ0) is 23.2. The van der Waals surface area contributed by atoms with Gasteiger partial charge in [-0.15, -0.1) is 0 Å². The summed E-state index contributed by atoms with van der Waals surface area (Å²) in [6.07, 6.45) is -2.59. The molecule has 0 saturated carbocycles. The molecule has 1 aliphatic rings. The molecule has 2 aromatic rings. The molecule has 0 aromatic carbocycles. The van der Waals surface area contributed by atoms with Crippen molar-refractivity contribution in [2.75, 3.05) is 12.3 Å². The van der Waals surface area contributed by atoms with E-state index in [1.54, 1.807) is 0 Å². The third-order valence-corrected chi connectivity index (χ3v) is 7.46. The number of aliphatic hydroxyl groups is 1. The van der Waals surface area contributed by atoms with Crippen molar-refractivity contribution in [3.8, 4) is 6.01 Å². The summed E-state index contributed by atoms with van der Waals surface area (Å²) in [4.78, 5) is 52.3. The van der Waals surface area contributed by atoms with Crippen LogP contribution in [0, 0.1) is 0 Å². The number of hydrogen-bond acceptors (Lipinski definition) is 16. The molecule has 4 N–H and O–H groups in total. The van der Waals surface area contributed by atoms with Crippen LogP contribution >= 0.6 is 23.5 Å². The third kappa shape index (κ3) is 11.5. The summed E-state index contributed by atoms with van der Waals surface area (Å²) in [5.41, 5.74) is 5.66. The molecule has 25 heteroatoms. The molecule has 35 heavy (non-hydrogen) atoms. The Morgan fingerprint density at radius 1 is 1.14 bits per heavy atom. The van der Waals surface area contributed by atoms with Crippen LogP contribution in [0.2, 0.25) is 0 Å². The predicted molar refractivity (Wildman–Crippen MR) is 86.9 cm³/mol. The molecule has 1 fully saturated rings. The van der Waals surface area contributed by atoms with Crippen molar-refractivity contribution in [1.82, 2.24) is 19.5 Å². The first kappa shape index (κ1) is 39.6. The fourth-order valence-corrected chi connectivity index (χ4v) is 5.55. The molecule has 2 unspecified atom stereocenters. The van der Waals surface area contributed by atoms with E-state index in [0.29, 0.717) is 0 Å². The minimum atomic E-state index is -6.05. The molecule has 3 heterocycles. The summed E-state index contributed by atoms with van der Waals surface area (Å²) >= 11 is 0. The van der Waals surface area contributed by atoms with Crippen LogP contribution in [0.25, 0.3) is 11.2 Å². The van der Waals surface area contributed by atoms with Gasteiger partial charge in [-0.25, -0.2) is 23.8 Å². The van der Waals surface area contributed by atoms with Gasteiger partial charge in [0.05, 0.1) is 32.9 Å². The SMILES string of the molecule is Nc1nc([O-])nc2c1ncn2[C@H]1C[C@H](O)[C@@H](COP(=O)([O-])OP(=O)(O)OP(=O)([O-])[O-])O1.[Na+].[Na+].[Na+].[Na+]. The molecule has 0 bridgehead atoms. The van der Waals surface area contributed by atoms with Crippen LogP contribution in [0.4, 0.5) is 5.82 Å². The molecular weight excluding hydrogens is 583 g/mol. The van der Waals surface area contributed by atoms with Gasteiger partial charge >= 0.3 is 126 Å². The first-order valence-electron chi connectivity index (χ1n) is 7.89. The number of phosphoric acid groups is 3. The van der Waals surface area contributed by atoms with Gasteiger partial charge in [-0.05, 0) is 0 Å². The van der Waals surface area contributed by atoms with Crippen molar-refractivity contribution in [2.45, 2.75) is 24.9 Å². The standard InChI is InChI=1S/C10H16N5O13P3.4Na/c11-8-7-9(14-10(17)13-8)15(3-12-7)6-1-4(16)5(26-6)2-25-30(21,22)28-31(23,24)27-29(18,19)20;;;;/h3-6,16H,1-2H2,(H,21,22)(H,23,24)(H2,18,19,20)(H3,11,13,14,17);;;;/q;4*+1/p-4/t4-,5+,6+;;;;/m0..../s1. The largest absolute Gasteiger partial charge is 1.00 e. The first-order chi connectivity index (χ1) is 14.2. The molecule has 1 aliphatic heterocycles. The van der Waals surface area contributed by atoms with Gasteiger partial charge in [0, 0.05) is 6.42 Å². The van der Waals surface area contributed by atoms with E-state index in [1.165, 1.54) is 10.9 Å². The van der Waals surface area contributed by atoms with Gasteiger partial charge in [0.2, 0.25) is 0 Å². The number of ether oxygens (including phenoxy) is 1. The van der Waals surface area contributed by atoms with Crippen molar-refractivity contribution >= 4 is 40.4 Å². The van der Waals surface area contributed by atoms with Gasteiger partial charge in [-0.3, -0.25) is 13.4 Å². The molecular formula is C10H12N5Na4O13P3. The molecule has 0 spiro atoms. The average molecular weight is 595 g/mol. The number of aliphatic hydroxyl groups excluding tert-OH is 1. The Bertz CT molecular complexity index is 1140. The van der Waals surface area contributed by atoms with Crippen molar-refractivity contribution in [3.05, 3.63) is 6.33 Å². The van der Waals surface area contributed by atoms with E-state index < -0.39 is 54.5 Å². The summed E-state index contributed by atoms with van der Waals surface area (Å²) in [6.45, 7) is -0.943. The van der Waals surface area contributed by atoms with Crippen molar-refractivity contribution in [2.24, 2.45) is 0 Å². The Morgan fingerprint density at radius 2 is 1.74 bits per heavy atom. The molecule has 2 aromatic heterocycles. The topological polar surface area (TPSA) is 290 Å². The van der Waals surface area contributed by atoms with E-state index >= 15 is 0 Å². The maximum Gasteiger partial charge on any atom is 1.00 e. The van der Waals surface area contributed by atoms with E-state index in [4.69, 9.17) is 15.4 Å². The van der Waals surface area contributed by atoms with Crippen LogP contribution in [0.15, 0.2) is 6.33 Å². The van der Waals surface area contributed by atoms with E-state index in [0.717, 1.165) is 0 Å². The van der Waals surface area contributed by atoms with Gasteiger partial charge in [0.15, 0.2) is 11.5 Å². The number of anilines is 1. The van der Waals surface area contributed by atoms with Gasteiger partial charge in [-0.1, -0.05) is 0 Å². The van der Waals surface area contributed by atoms with Gasteiger partial charge in [0.25, 0.3) is 7.82 Å². The Kier molecular flexibility index (Phi) is 17.5. The molecule has 174 valence electrons. The number of imidazole rings is 1. The fraction of sp³-hybridized carbons (Fsp3) is 0.500. The second kappa shape index (κ2) is 15.5. The number of nitrogens with zero attached hydrogens (tertiary/aromatic N) is 4. The average Bonchev–Trinajstić information content (AvgIpc) is 3.13. The fourth-order valence-electron chi connectivity index (χ4n) is 2.62. The Hall–Kier alpha value is 2.48. The van der Waals surface area contributed by atoms with E-state index in [9.17, 15) is 38.6 Å². The smallest absolute Gasteiger partial charge is 0.844 e. The van der Waals surface area contributed by atoms with Crippen LogP contribution in [0.1, 0.15) is 12.6 Å². The normalized spacial score (nSPS) is 23.1. The van der Waals surface area contributed by atoms with Crippen molar-refractivity contribution in [3.63, 3.8) is 0 Å². The molecule has 0 aliphatic carbocycles. The van der Waals surface area contributed by atoms with E-state index in [1.807, 2.05) is 0 Å². The van der Waals surface area contributed by atoms with Gasteiger partial charge in [0.1, 0.15) is 17.8 Å². The molecule has 0 radical (unpaired) electrons. The number of phosphoric ester groups is 1. The number of nitrogen functional groups attached to an aromatic ring is 1. The Labute approximate surface area is 285 Å². The summed E-state index contributed by atoms with van der Waals surface area (Å²) in [7, 11) is -17.6. The molecule has 3 rings (SSSR count). The second-order valence-electron chi connectivity index (χ2n) is 5.97. The maximum atomic E-state index is 11.6. The van der Waals surface area contributed by atoms with Crippen LogP contribution < -0.4 is 144 Å². The monoisotopic (exact) mass is 595 g/mol. The van der Waals surface area contributed by atoms with Gasteiger partial charge in [-0.2, -0.15) is 0 Å². The minimum Gasteiger partial charge on any atom is -0.844 e. The summed E-state index contributed by atoms with van der Waals surface area (Å²) in [5, 5.41) is 21.6. The second-order valence-corrected chi connectivity index (χ2v) is 10.3. The Balaban J connectivity index is 0.